The Morgan fingerprint density at radius 3 is 2.77 bits per heavy atom. The van der Waals surface area contributed by atoms with E-state index in [2.05, 4.69) is 21.0 Å². The van der Waals surface area contributed by atoms with Crippen LogP contribution in [0.2, 0.25) is 0 Å². The molecule has 0 spiro atoms. The number of aryl methyl sites for hydroxylation is 1. The molecular formula is C22H28F2N6O. The minimum atomic E-state index is -2.98. The average molecular weight is 431 g/mol. The highest BCUT2D eigenvalue weighted by Gasteiger charge is 2.34. The lowest BCUT2D eigenvalue weighted by Crippen LogP contribution is -2.44. The standard InChI is InChI=1S/C22H28F2N6O/c1-15-25-11-19(21(31)26-13-22(23,24)14-30-7-3-4-8-30)18-9-16(5-6-20(18)28-15)17-10-27-29(2)12-17/h5-6,9-12,15,25,28H,3-4,7-8,13-14H2,1-2H3,(H,26,31). The number of rotatable bonds is 6. The number of fused-ring (bicyclic) bond motifs is 1. The number of carbonyl (C=O) groups excluding carboxylic acids is 1. The number of aromatic nitrogens is 2. The van der Waals surface area contributed by atoms with E-state index in [1.54, 1.807) is 22.0 Å². The van der Waals surface area contributed by atoms with E-state index in [4.69, 9.17) is 0 Å². The molecule has 1 aromatic carbocycles. The summed E-state index contributed by atoms with van der Waals surface area (Å²) in [5.41, 5.74) is 3.53. The van der Waals surface area contributed by atoms with Crippen molar-refractivity contribution in [2.24, 2.45) is 7.05 Å². The first-order valence-corrected chi connectivity index (χ1v) is 10.6. The van der Waals surface area contributed by atoms with E-state index in [-0.39, 0.29) is 12.7 Å². The fourth-order valence-electron chi connectivity index (χ4n) is 4.02. The molecule has 1 aromatic heterocycles. The van der Waals surface area contributed by atoms with Crippen molar-refractivity contribution in [1.82, 2.24) is 25.3 Å². The molecule has 0 aliphatic carbocycles. The van der Waals surface area contributed by atoms with Crippen molar-refractivity contribution in [2.75, 3.05) is 31.5 Å². The summed E-state index contributed by atoms with van der Waals surface area (Å²) in [4.78, 5) is 14.7. The highest BCUT2D eigenvalue weighted by Crippen LogP contribution is 2.31. The van der Waals surface area contributed by atoms with Crippen LogP contribution in [0.15, 0.2) is 36.8 Å². The Morgan fingerprint density at radius 2 is 2.06 bits per heavy atom. The van der Waals surface area contributed by atoms with Gasteiger partial charge in [0.25, 0.3) is 11.8 Å². The van der Waals surface area contributed by atoms with E-state index in [9.17, 15) is 13.6 Å². The summed E-state index contributed by atoms with van der Waals surface area (Å²) in [7, 11) is 1.83. The predicted octanol–water partition coefficient (Wildman–Crippen LogP) is 2.64. The number of nitrogens with zero attached hydrogens (tertiary/aromatic N) is 3. The zero-order valence-corrected chi connectivity index (χ0v) is 17.8. The number of likely N-dealkylation sites (tertiary alicyclic amines) is 1. The molecule has 3 N–H and O–H groups in total. The highest BCUT2D eigenvalue weighted by atomic mass is 19.3. The number of benzene rings is 1. The first kappa shape index (κ1) is 21.3. The molecule has 0 saturated carbocycles. The summed E-state index contributed by atoms with van der Waals surface area (Å²) >= 11 is 0. The minimum absolute atomic E-state index is 0.120. The van der Waals surface area contributed by atoms with Gasteiger partial charge in [-0.05, 0) is 50.6 Å². The number of nitrogens with one attached hydrogen (secondary N) is 3. The van der Waals surface area contributed by atoms with Crippen LogP contribution in [0.5, 0.6) is 0 Å². The van der Waals surface area contributed by atoms with Gasteiger partial charge in [-0.1, -0.05) is 6.07 Å². The Bertz CT molecular complexity index is 980. The second-order valence-electron chi connectivity index (χ2n) is 8.28. The lowest BCUT2D eigenvalue weighted by molar-refractivity contribution is -0.118. The molecular weight excluding hydrogens is 402 g/mol. The monoisotopic (exact) mass is 430 g/mol. The Kier molecular flexibility index (Phi) is 5.95. The zero-order valence-electron chi connectivity index (χ0n) is 17.8. The van der Waals surface area contributed by atoms with E-state index in [1.165, 1.54) is 0 Å². The Hall–Kier alpha value is -2.94. The number of alkyl halides is 2. The normalized spacial score (nSPS) is 19.1. The predicted molar refractivity (Wildman–Crippen MR) is 116 cm³/mol. The van der Waals surface area contributed by atoms with Crippen molar-refractivity contribution in [2.45, 2.75) is 31.9 Å². The molecule has 31 heavy (non-hydrogen) atoms. The molecule has 1 unspecified atom stereocenters. The molecule has 2 aliphatic rings. The molecule has 1 atom stereocenters. The third kappa shape index (κ3) is 5.04. The van der Waals surface area contributed by atoms with E-state index in [0.29, 0.717) is 24.2 Å². The number of anilines is 1. The summed E-state index contributed by atoms with van der Waals surface area (Å²) in [6.07, 6.45) is 6.99. The van der Waals surface area contributed by atoms with Gasteiger partial charge in [0.15, 0.2) is 0 Å². The van der Waals surface area contributed by atoms with Crippen LogP contribution in [0, 0.1) is 0 Å². The topological polar surface area (TPSA) is 74.2 Å². The van der Waals surface area contributed by atoms with Crippen LogP contribution < -0.4 is 16.0 Å². The molecule has 9 heteroatoms. The summed E-state index contributed by atoms with van der Waals surface area (Å²) < 4.78 is 30.5. The maximum absolute atomic E-state index is 14.4. The number of hydrogen-bond donors (Lipinski definition) is 3. The van der Waals surface area contributed by atoms with E-state index in [0.717, 1.165) is 29.7 Å². The van der Waals surface area contributed by atoms with Gasteiger partial charge in [0.2, 0.25) is 0 Å². The summed E-state index contributed by atoms with van der Waals surface area (Å²) in [5, 5.41) is 13.0. The molecule has 0 radical (unpaired) electrons. The van der Waals surface area contributed by atoms with Gasteiger partial charge in [0, 0.05) is 36.3 Å². The first-order valence-electron chi connectivity index (χ1n) is 10.6. The van der Waals surface area contributed by atoms with Crippen molar-refractivity contribution >= 4 is 17.2 Å². The molecule has 2 aromatic rings. The molecule has 4 rings (SSSR count). The zero-order chi connectivity index (χ0) is 22.0. The van der Waals surface area contributed by atoms with Crippen molar-refractivity contribution in [3.05, 3.63) is 42.4 Å². The number of carbonyl (C=O) groups is 1. The lowest BCUT2D eigenvalue weighted by Gasteiger charge is -2.23. The van der Waals surface area contributed by atoms with E-state index in [1.807, 2.05) is 38.4 Å². The highest BCUT2D eigenvalue weighted by molar-refractivity contribution is 6.21. The van der Waals surface area contributed by atoms with Crippen LogP contribution in [0.4, 0.5) is 14.5 Å². The summed E-state index contributed by atoms with van der Waals surface area (Å²) in [5.74, 6) is -3.51. The van der Waals surface area contributed by atoms with Crippen molar-refractivity contribution in [3.8, 4) is 11.1 Å². The third-order valence-electron chi connectivity index (χ3n) is 5.60. The molecule has 1 fully saturated rings. The third-order valence-corrected chi connectivity index (χ3v) is 5.60. The first-order chi connectivity index (χ1) is 14.8. The van der Waals surface area contributed by atoms with Crippen LogP contribution >= 0.6 is 0 Å². The molecule has 166 valence electrons. The number of halogens is 2. The maximum atomic E-state index is 14.4. The fourth-order valence-corrected chi connectivity index (χ4v) is 4.02. The van der Waals surface area contributed by atoms with Crippen molar-refractivity contribution < 1.29 is 13.6 Å². The summed E-state index contributed by atoms with van der Waals surface area (Å²) in [6, 6.07) is 5.72. The van der Waals surface area contributed by atoms with Crippen molar-refractivity contribution in [1.29, 1.82) is 0 Å². The molecule has 0 bridgehead atoms. The van der Waals surface area contributed by atoms with Crippen LogP contribution in [-0.2, 0) is 11.8 Å². The van der Waals surface area contributed by atoms with Gasteiger partial charge in [0.1, 0.15) is 0 Å². The quantitative estimate of drug-likeness (QED) is 0.657. The largest absolute Gasteiger partial charge is 0.371 e. The SMILES string of the molecule is CC1NC=C(C(=O)NCC(F)(F)CN2CCCC2)c2cc(-c3cnn(C)c3)ccc2N1. The van der Waals surface area contributed by atoms with E-state index >= 15 is 0 Å². The summed E-state index contributed by atoms with van der Waals surface area (Å²) in [6.45, 7) is 2.27. The second kappa shape index (κ2) is 8.66. The van der Waals surface area contributed by atoms with Gasteiger partial charge in [-0.25, -0.2) is 8.78 Å². The van der Waals surface area contributed by atoms with Gasteiger partial charge in [-0.2, -0.15) is 5.10 Å². The van der Waals surface area contributed by atoms with Gasteiger partial charge in [-0.3, -0.25) is 14.4 Å². The van der Waals surface area contributed by atoms with Crippen LogP contribution in [0.25, 0.3) is 16.7 Å². The van der Waals surface area contributed by atoms with E-state index < -0.39 is 18.4 Å². The number of amides is 1. The van der Waals surface area contributed by atoms with Gasteiger partial charge in [-0.15, -0.1) is 0 Å². The molecule has 1 saturated heterocycles. The van der Waals surface area contributed by atoms with Crippen molar-refractivity contribution in [3.63, 3.8) is 0 Å². The Labute approximate surface area is 180 Å². The fraction of sp³-hybridized carbons (Fsp3) is 0.455. The van der Waals surface area contributed by atoms with Gasteiger partial charge < -0.3 is 16.0 Å². The average Bonchev–Trinajstić information content (AvgIpc) is 3.35. The van der Waals surface area contributed by atoms with Crippen LogP contribution in [-0.4, -0.2) is 58.9 Å². The second-order valence-corrected chi connectivity index (χ2v) is 8.28. The smallest absolute Gasteiger partial charge is 0.277 e. The van der Waals surface area contributed by atoms with Crippen LogP contribution in [0.3, 0.4) is 0 Å². The molecule has 2 aliphatic heterocycles. The van der Waals surface area contributed by atoms with Gasteiger partial charge >= 0.3 is 0 Å². The lowest BCUT2D eigenvalue weighted by atomic mass is 9.98. The molecule has 3 heterocycles. The Balaban J connectivity index is 1.54. The molecule has 7 nitrogen and oxygen atoms in total. The number of hydrogen-bond acceptors (Lipinski definition) is 5. The van der Waals surface area contributed by atoms with Crippen LogP contribution in [0.1, 0.15) is 25.3 Å². The minimum Gasteiger partial charge on any atom is -0.371 e. The Morgan fingerprint density at radius 1 is 1.29 bits per heavy atom. The maximum Gasteiger partial charge on any atom is 0.277 e. The van der Waals surface area contributed by atoms with Gasteiger partial charge in [0.05, 0.1) is 31.0 Å². The molecule has 1 amide bonds.